The topological polar surface area (TPSA) is 83.1 Å². The second kappa shape index (κ2) is 8.86. The molecule has 128 valence electrons. The predicted molar refractivity (Wildman–Crippen MR) is 91.4 cm³/mol. The summed E-state index contributed by atoms with van der Waals surface area (Å²) in [7, 11) is 0. The van der Waals surface area contributed by atoms with Crippen LogP contribution in [0.25, 0.3) is 0 Å². The van der Waals surface area contributed by atoms with Crippen LogP contribution >= 0.6 is 11.3 Å². The van der Waals surface area contributed by atoms with E-state index in [9.17, 15) is 9.59 Å². The first-order valence-corrected chi connectivity index (χ1v) is 9.22. The monoisotopic (exact) mass is 338 g/mol. The van der Waals surface area contributed by atoms with E-state index < -0.39 is 0 Å². The molecule has 0 unspecified atom stereocenters. The average Bonchev–Trinajstić information content (AvgIpc) is 3.20. The highest BCUT2D eigenvalue weighted by Gasteiger charge is 2.22. The molecule has 1 saturated carbocycles. The number of amides is 3. The molecule has 3 amide bonds. The second-order valence-corrected chi connectivity index (χ2v) is 6.85. The zero-order valence-electron chi connectivity index (χ0n) is 13.9. The Balaban J connectivity index is 1.65. The minimum Gasteiger partial charge on any atom is -0.354 e. The molecule has 0 saturated heterocycles. The van der Waals surface area contributed by atoms with Crippen molar-refractivity contribution in [3.63, 3.8) is 0 Å². The third-order valence-electron chi connectivity index (χ3n) is 4.08. The molecule has 1 aromatic rings. The number of nitrogens with zero attached hydrogens (tertiary/aromatic N) is 1. The van der Waals surface area contributed by atoms with Gasteiger partial charge >= 0.3 is 6.03 Å². The number of thiazole rings is 1. The van der Waals surface area contributed by atoms with E-state index in [2.05, 4.69) is 20.9 Å². The third-order valence-corrected chi connectivity index (χ3v) is 5.16. The van der Waals surface area contributed by atoms with Gasteiger partial charge < -0.3 is 16.0 Å². The molecule has 23 heavy (non-hydrogen) atoms. The maximum atomic E-state index is 11.9. The summed E-state index contributed by atoms with van der Waals surface area (Å²) in [6, 6.07) is -0.290. The van der Waals surface area contributed by atoms with Crippen molar-refractivity contribution in [3.05, 3.63) is 16.1 Å². The third kappa shape index (κ3) is 5.49. The second-order valence-electron chi connectivity index (χ2n) is 5.96. The molecule has 0 aromatic carbocycles. The molecule has 1 aliphatic carbocycles. The van der Waals surface area contributed by atoms with Crippen molar-refractivity contribution in [2.24, 2.45) is 5.92 Å². The van der Waals surface area contributed by atoms with Crippen molar-refractivity contribution in [2.75, 3.05) is 13.1 Å². The fourth-order valence-electron chi connectivity index (χ4n) is 2.77. The van der Waals surface area contributed by atoms with E-state index in [1.807, 2.05) is 19.2 Å². The van der Waals surface area contributed by atoms with Crippen molar-refractivity contribution in [1.29, 1.82) is 0 Å². The number of aromatic nitrogens is 1. The summed E-state index contributed by atoms with van der Waals surface area (Å²) in [6.45, 7) is 4.86. The minimum absolute atomic E-state index is 0.0678. The highest BCUT2D eigenvalue weighted by molar-refractivity contribution is 7.09. The molecule has 1 aromatic heterocycles. The molecule has 2 rings (SSSR count). The summed E-state index contributed by atoms with van der Waals surface area (Å²) < 4.78 is 0. The van der Waals surface area contributed by atoms with E-state index in [1.54, 1.807) is 11.3 Å². The van der Waals surface area contributed by atoms with Gasteiger partial charge in [0.15, 0.2) is 0 Å². The predicted octanol–water partition coefficient (Wildman–Crippen LogP) is 2.51. The van der Waals surface area contributed by atoms with Gasteiger partial charge in [0, 0.05) is 30.1 Å². The minimum atomic E-state index is -0.222. The Bertz CT molecular complexity index is 526. The molecular weight excluding hydrogens is 312 g/mol. The van der Waals surface area contributed by atoms with Gasteiger partial charge in [-0.25, -0.2) is 9.78 Å². The number of rotatable bonds is 7. The van der Waals surface area contributed by atoms with Gasteiger partial charge in [-0.2, -0.15) is 0 Å². The van der Waals surface area contributed by atoms with Gasteiger partial charge in [0.05, 0.1) is 6.04 Å². The molecule has 0 aliphatic heterocycles. The van der Waals surface area contributed by atoms with Crippen LogP contribution in [0.2, 0.25) is 0 Å². The van der Waals surface area contributed by atoms with Gasteiger partial charge in [-0.1, -0.05) is 19.8 Å². The van der Waals surface area contributed by atoms with Gasteiger partial charge in [0.1, 0.15) is 5.01 Å². The number of aryl methyl sites for hydroxylation is 1. The SMILES string of the molecule is CC[C@@H](NC(=O)NCCNC(=O)C1CCCC1)c1nc(C)cs1. The number of urea groups is 1. The van der Waals surface area contributed by atoms with E-state index in [1.165, 1.54) is 0 Å². The lowest BCUT2D eigenvalue weighted by Crippen LogP contribution is -2.42. The Labute approximate surface area is 141 Å². The van der Waals surface area contributed by atoms with Gasteiger partial charge in [-0.05, 0) is 26.2 Å². The highest BCUT2D eigenvalue weighted by atomic mass is 32.1. The van der Waals surface area contributed by atoms with Crippen LogP contribution in [-0.2, 0) is 4.79 Å². The first kappa shape index (κ1) is 17.7. The normalized spacial score (nSPS) is 16.1. The Morgan fingerprint density at radius 2 is 2.00 bits per heavy atom. The quantitative estimate of drug-likeness (QED) is 0.668. The molecule has 0 bridgehead atoms. The van der Waals surface area contributed by atoms with E-state index in [0.29, 0.717) is 13.1 Å². The Morgan fingerprint density at radius 3 is 2.61 bits per heavy atom. The van der Waals surface area contributed by atoms with Crippen molar-refractivity contribution in [2.45, 2.75) is 52.0 Å². The Morgan fingerprint density at radius 1 is 1.30 bits per heavy atom. The van der Waals surface area contributed by atoms with Gasteiger partial charge in [0.2, 0.25) is 5.91 Å². The van der Waals surface area contributed by atoms with Crippen LogP contribution in [0.3, 0.4) is 0 Å². The molecule has 0 radical (unpaired) electrons. The number of carbonyl (C=O) groups is 2. The largest absolute Gasteiger partial charge is 0.354 e. The first-order valence-electron chi connectivity index (χ1n) is 8.34. The number of nitrogens with one attached hydrogen (secondary N) is 3. The molecule has 3 N–H and O–H groups in total. The van der Waals surface area contributed by atoms with Crippen LogP contribution in [-0.4, -0.2) is 30.0 Å². The fraction of sp³-hybridized carbons (Fsp3) is 0.688. The smallest absolute Gasteiger partial charge is 0.315 e. The first-order chi connectivity index (χ1) is 11.1. The van der Waals surface area contributed by atoms with E-state index in [0.717, 1.165) is 42.8 Å². The molecule has 7 heteroatoms. The highest BCUT2D eigenvalue weighted by Crippen LogP contribution is 2.24. The van der Waals surface area contributed by atoms with Crippen molar-refractivity contribution >= 4 is 23.3 Å². The number of hydrogen-bond donors (Lipinski definition) is 3. The summed E-state index contributed by atoms with van der Waals surface area (Å²) in [5, 5.41) is 11.5. The maximum Gasteiger partial charge on any atom is 0.315 e. The van der Waals surface area contributed by atoms with E-state index in [4.69, 9.17) is 0 Å². The molecule has 1 fully saturated rings. The molecule has 1 atom stereocenters. The summed E-state index contributed by atoms with van der Waals surface area (Å²) in [6.07, 6.45) is 5.07. The van der Waals surface area contributed by atoms with Crippen LogP contribution in [0.15, 0.2) is 5.38 Å². The molecular formula is C16H26N4O2S. The average molecular weight is 338 g/mol. The number of carbonyl (C=O) groups excluding carboxylic acids is 2. The van der Waals surface area contributed by atoms with Gasteiger partial charge in [-0.3, -0.25) is 4.79 Å². The lowest BCUT2D eigenvalue weighted by molar-refractivity contribution is -0.124. The van der Waals surface area contributed by atoms with Crippen molar-refractivity contribution in [1.82, 2.24) is 20.9 Å². The standard InChI is InChI=1S/C16H26N4O2S/c1-3-13(15-19-11(2)10-23-15)20-16(22)18-9-8-17-14(21)12-6-4-5-7-12/h10,12-13H,3-9H2,1-2H3,(H,17,21)(H2,18,20,22)/t13-/m1/s1. The molecule has 1 aliphatic rings. The lowest BCUT2D eigenvalue weighted by atomic mass is 10.1. The van der Waals surface area contributed by atoms with Crippen molar-refractivity contribution in [3.8, 4) is 0 Å². The van der Waals surface area contributed by atoms with Crippen LogP contribution in [0.4, 0.5) is 4.79 Å². The van der Waals surface area contributed by atoms with Crippen LogP contribution in [0.1, 0.15) is 55.8 Å². The van der Waals surface area contributed by atoms with Crippen molar-refractivity contribution < 1.29 is 9.59 Å². The van der Waals surface area contributed by atoms with Crippen LogP contribution < -0.4 is 16.0 Å². The zero-order valence-corrected chi connectivity index (χ0v) is 14.7. The fourth-order valence-corrected chi connectivity index (χ4v) is 3.70. The van der Waals surface area contributed by atoms with Crippen LogP contribution in [0, 0.1) is 12.8 Å². The Kier molecular flexibility index (Phi) is 6.83. The summed E-state index contributed by atoms with van der Waals surface area (Å²) in [5.41, 5.74) is 0.972. The number of hydrogen-bond acceptors (Lipinski definition) is 4. The van der Waals surface area contributed by atoms with Gasteiger partial charge in [-0.15, -0.1) is 11.3 Å². The van der Waals surface area contributed by atoms with Gasteiger partial charge in [0.25, 0.3) is 0 Å². The van der Waals surface area contributed by atoms with E-state index >= 15 is 0 Å². The summed E-state index contributed by atoms with van der Waals surface area (Å²) >= 11 is 1.56. The van der Waals surface area contributed by atoms with Crippen LogP contribution in [0.5, 0.6) is 0 Å². The molecule has 0 spiro atoms. The summed E-state index contributed by atoms with van der Waals surface area (Å²) in [4.78, 5) is 28.2. The molecule has 1 heterocycles. The zero-order chi connectivity index (χ0) is 16.7. The summed E-state index contributed by atoms with van der Waals surface area (Å²) in [5.74, 6) is 0.288. The van der Waals surface area contributed by atoms with E-state index in [-0.39, 0.29) is 23.9 Å². The molecule has 6 nitrogen and oxygen atoms in total. The Hall–Kier alpha value is -1.63. The maximum absolute atomic E-state index is 11.9. The lowest BCUT2D eigenvalue weighted by Gasteiger charge is -2.15.